The minimum Gasteiger partial charge on any atom is -0.305 e. The van der Waals surface area contributed by atoms with Gasteiger partial charge >= 0.3 is 0 Å². The van der Waals surface area contributed by atoms with Crippen LogP contribution in [0.15, 0.2) is 41.8 Å². The molecule has 0 saturated heterocycles. The van der Waals surface area contributed by atoms with Gasteiger partial charge in [-0.1, -0.05) is 30.3 Å². The minimum atomic E-state index is 0.430. The maximum absolute atomic E-state index is 3.55. The number of benzene rings is 1. The van der Waals surface area contributed by atoms with Gasteiger partial charge < -0.3 is 5.32 Å². The average molecular weight is 231 g/mol. The fourth-order valence-electron chi connectivity index (χ4n) is 1.71. The molecule has 0 saturated carbocycles. The molecule has 2 heteroatoms. The van der Waals surface area contributed by atoms with Crippen LogP contribution >= 0.6 is 11.3 Å². The normalized spacial score (nSPS) is 12.6. The van der Waals surface area contributed by atoms with E-state index in [1.54, 1.807) is 0 Å². The van der Waals surface area contributed by atoms with Crippen LogP contribution in [-0.4, -0.2) is 0 Å². The molecule has 1 aromatic carbocycles. The zero-order valence-electron chi connectivity index (χ0n) is 9.73. The summed E-state index contributed by atoms with van der Waals surface area (Å²) in [6.45, 7) is 5.31. The molecule has 2 rings (SSSR count). The zero-order chi connectivity index (χ0) is 11.4. The summed E-state index contributed by atoms with van der Waals surface area (Å²) in [5.41, 5.74) is 2.74. The summed E-state index contributed by atoms with van der Waals surface area (Å²) in [5, 5.41) is 5.68. The fourth-order valence-corrected chi connectivity index (χ4v) is 2.47. The van der Waals surface area contributed by atoms with Crippen LogP contribution in [-0.2, 0) is 6.54 Å². The third kappa shape index (κ3) is 2.71. The monoisotopic (exact) mass is 231 g/mol. The fraction of sp³-hybridized carbons (Fsp3) is 0.286. The number of aryl methyl sites for hydroxylation is 1. The maximum Gasteiger partial charge on any atom is 0.0388 e. The zero-order valence-corrected chi connectivity index (χ0v) is 10.6. The van der Waals surface area contributed by atoms with E-state index in [-0.39, 0.29) is 0 Å². The molecule has 1 heterocycles. The lowest BCUT2D eigenvalue weighted by molar-refractivity contribution is 0.581. The Kier molecular flexibility index (Phi) is 3.75. The Morgan fingerprint density at radius 3 is 2.69 bits per heavy atom. The Hall–Kier alpha value is -1.12. The van der Waals surface area contributed by atoms with Crippen molar-refractivity contribution in [3.8, 4) is 0 Å². The summed E-state index contributed by atoms with van der Waals surface area (Å²) in [7, 11) is 0. The minimum absolute atomic E-state index is 0.430. The van der Waals surface area contributed by atoms with Crippen LogP contribution in [0.1, 0.15) is 29.0 Å². The van der Waals surface area contributed by atoms with Gasteiger partial charge in [0, 0.05) is 17.5 Å². The van der Waals surface area contributed by atoms with Crippen molar-refractivity contribution in [3.63, 3.8) is 0 Å². The Bertz CT molecular complexity index is 434. The van der Waals surface area contributed by atoms with E-state index >= 15 is 0 Å². The topological polar surface area (TPSA) is 12.0 Å². The van der Waals surface area contributed by atoms with E-state index in [0.717, 1.165) is 6.54 Å². The molecule has 84 valence electrons. The Labute approximate surface area is 101 Å². The summed E-state index contributed by atoms with van der Waals surface area (Å²) in [6, 6.07) is 13.2. The lowest BCUT2D eigenvalue weighted by Crippen LogP contribution is -2.17. The lowest BCUT2D eigenvalue weighted by Gasteiger charge is -2.13. The van der Waals surface area contributed by atoms with Gasteiger partial charge in [-0.3, -0.25) is 0 Å². The third-order valence-electron chi connectivity index (χ3n) is 2.83. The van der Waals surface area contributed by atoms with E-state index < -0.39 is 0 Å². The van der Waals surface area contributed by atoms with Crippen LogP contribution in [0.2, 0.25) is 0 Å². The van der Waals surface area contributed by atoms with Crippen molar-refractivity contribution >= 4 is 11.3 Å². The molecule has 0 spiro atoms. The molecule has 0 bridgehead atoms. The summed E-state index contributed by atoms with van der Waals surface area (Å²) >= 11 is 1.81. The molecule has 2 aromatic rings. The largest absolute Gasteiger partial charge is 0.305 e. The molecular formula is C14H17NS. The van der Waals surface area contributed by atoms with Crippen LogP contribution in [0.5, 0.6) is 0 Å². The van der Waals surface area contributed by atoms with Crippen molar-refractivity contribution in [2.45, 2.75) is 26.4 Å². The molecular weight excluding hydrogens is 214 g/mol. The first kappa shape index (κ1) is 11.4. The van der Waals surface area contributed by atoms with Crippen molar-refractivity contribution in [1.82, 2.24) is 5.32 Å². The molecule has 1 unspecified atom stereocenters. The first-order valence-corrected chi connectivity index (χ1v) is 6.46. The summed E-state index contributed by atoms with van der Waals surface area (Å²) in [4.78, 5) is 1.40. The van der Waals surface area contributed by atoms with Gasteiger partial charge in [-0.25, -0.2) is 0 Å². The van der Waals surface area contributed by atoms with Crippen LogP contribution < -0.4 is 5.32 Å². The summed E-state index contributed by atoms with van der Waals surface area (Å²) in [5.74, 6) is 0. The maximum atomic E-state index is 3.55. The van der Waals surface area contributed by atoms with Gasteiger partial charge in [0.2, 0.25) is 0 Å². The van der Waals surface area contributed by atoms with Gasteiger partial charge in [0.1, 0.15) is 0 Å². The van der Waals surface area contributed by atoms with E-state index in [1.165, 1.54) is 16.0 Å². The number of thiophene rings is 1. The predicted molar refractivity (Wildman–Crippen MR) is 70.8 cm³/mol. The Morgan fingerprint density at radius 1 is 1.19 bits per heavy atom. The van der Waals surface area contributed by atoms with Gasteiger partial charge in [0.05, 0.1) is 0 Å². The standard InChI is InChI=1S/C14H17NS/c1-11-6-3-4-7-13(11)10-15-12(2)14-8-5-9-16-14/h3-9,12,15H,10H2,1-2H3. The molecule has 0 aliphatic carbocycles. The van der Waals surface area contributed by atoms with Crippen molar-refractivity contribution in [2.24, 2.45) is 0 Å². The van der Waals surface area contributed by atoms with Crippen molar-refractivity contribution < 1.29 is 0 Å². The van der Waals surface area contributed by atoms with Gasteiger partial charge in [0.25, 0.3) is 0 Å². The van der Waals surface area contributed by atoms with Gasteiger partial charge in [-0.05, 0) is 36.4 Å². The second-order valence-corrected chi connectivity index (χ2v) is 5.02. The molecule has 0 radical (unpaired) electrons. The highest BCUT2D eigenvalue weighted by atomic mass is 32.1. The number of nitrogens with one attached hydrogen (secondary N) is 1. The second-order valence-electron chi connectivity index (χ2n) is 4.04. The number of hydrogen-bond acceptors (Lipinski definition) is 2. The molecule has 0 aliphatic heterocycles. The smallest absolute Gasteiger partial charge is 0.0388 e. The van der Waals surface area contributed by atoms with Gasteiger partial charge in [-0.2, -0.15) is 0 Å². The lowest BCUT2D eigenvalue weighted by atomic mass is 10.1. The molecule has 16 heavy (non-hydrogen) atoms. The SMILES string of the molecule is Cc1ccccc1CNC(C)c1cccs1. The van der Waals surface area contributed by atoms with Crippen LogP contribution in [0.3, 0.4) is 0 Å². The van der Waals surface area contributed by atoms with E-state index in [4.69, 9.17) is 0 Å². The molecule has 0 aliphatic rings. The Balaban J connectivity index is 1.95. The summed E-state index contributed by atoms with van der Waals surface area (Å²) < 4.78 is 0. The number of rotatable bonds is 4. The van der Waals surface area contributed by atoms with Gasteiger partial charge in [0.15, 0.2) is 0 Å². The molecule has 1 N–H and O–H groups in total. The first-order valence-electron chi connectivity index (χ1n) is 5.58. The third-order valence-corrected chi connectivity index (χ3v) is 3.88. The van der Waals surface area contributed by atoms with E-state index in [0.29, 0.717) is 6.04 Å². The van der Waals surface area contributed by atoms with Crippen LogP contribution in [0.25, 0.3) is 0 Å². The first-order chi connectivity index (χ1) is 7.77. The highest BCUT2D eigenvalue weighted by molar-refractivity contribution is 7.10. The van der Waals surface area contributed by atoms with E-state index in [9.17, 15) is 0 Å². The van der Waals surface area contributed by atoms with E-state index in [2.05, 4.69) is 60.9 Å². The van der Waals surface area contributed by atoms with Crippen molar-refractivity contribution in [3.05, 3.63) is 57.8 Å². The molecule has 1 atom stereocenters. The van der Waals surface area contributed by atoms with Gasteiger partial charge in [-0.15, -0.1) is 11.3 Å². The quantitative estimate of drug-likeness (QED) is 0.841. The highest BCUT2D eigenvalue weighted by Gasteiger charge is 2.05. The molecule has 1 nitrogen and oxygen atoms in total. The highest BCUT2D eigenvalue weighted by Crippen LogP contribution is 2.19. The van der Waals surface area contributed by atoms with E-state index in [1.807, 2.05) is 11.3 Å². The second kappa shape index (κ2) is 5.28. The summed E-state index contributed by atoms with van der Waals surface area (Å²) in [6.07, 6.45) is 0. The predicted octanol–water partition coefficient (Wildman–Crippen LogP) is 3.91. The van der Waals surface area contributed by atoms with Crippen molar-refractivity contribution in [1.29, 1.82) is 0 Å². The average Bonchev–Trinajstić information content (AvgIpc) is 2.81. The number of hydrogen-bond donors (Lipinski definition) is 1. The molecule has 0 amide bonds. The molecule has 0 fully saturated rings. The van der Waals surface area contributed by atoms with Crippen molar-refractivity contribution in [2.75, 3.05) is 0 Å². The van der Waals surface area contributed by atoms with Crippen LogP contribution in [0.4, 0.5) is 0 Å². The molecule has 1 aromatic heterocycles. The van der Waals surface area contributed by atoms with Crippen LogP contribution in [0, 0.1) is 6.92 Å². The Morgan fingerprint density at radius 2 is 2.00 bits per heavy atom.